The molecule has 1 aliphatic rings. The van der Waals surface area contributed by atoms with Gasteiger partial charge in [-0.1, -0.05) is 13.8 Å². The van der Waals surface area contributed by atoms with Crippen molar-refractivity contribution in [2.45, 2.75) is 46.6 Å². The molecule has 2 heterocycles. The highest BCUT2D eigenvalue weighted by Gasteiger charge is 2.32. The number of carbonyl (C=O) groups excluding carboxylic acids is 1. The highest BCUT2D eigenvalue weighted by atomic mass is 32.1. The van der Waals surface area contributed by atoms with Crippen LogP contribution in [0.1, 0.15) is 47.0 Å². The minimum Gasteiger partial charge on any atom is -0.350 e. The van der Waals surface area contributed by atoms with Crippen molar-refractivity contribution in [3.63, 3.8) is 0 Å². The van der Waals surface area contributed by atoms with Crippen LogP contribution in [0.2, 0.25) is 0 Å². The van der Waals surface area contributed by atoms with Gasteiger partial charge in [-0.15, -0.1) is 11.3 Å². The highest BCUT2D eigenvalue weighted by Crippen LogP contribution is 2.35. The van der Waals surface area contributed by atoms with Crippen molar-refractivity contribution in [1.82, 2.24) is 9.55 Å². The lowest BCUT2D eigenvalue weighted by Crippen LogP contribution is -2.28. The topological polar surface area (TPSA) is 34.9 Å². The first kappa shape index (κ1) is 13.6. The molecule has 0 aliphatic heterocycles. The van der Waals surface area contributed by atoms with E-state index in [4.69, 9.17) is 0 Å². The summed E-state index contributed by atoms with van der Waals surface area (Å²) in [4.78, 5) is 16.7. The third-order valence-corrected chi connectivity index (χ3v) is 4.76. The van der Waals surface area contributed by atoms with Crippen LogP contribution in [0, 0.1) is 12.3 Å². The standard InChI is InChI=1S/C16H20N2OS/c1-11-17-12(10-20-11)4-6-18-7-5-13-14(18)8-16(2,3)9-15(13)19/h5,7,10H,4,6,8-9H2,1-3H3. The molecule has 20 heavy (non-hydrogen) atoms. The summed E-state index contributed by atoms with van der Waals surface area (Å²) < 4.78 is 2.24. The fourth-order valence-corrected chi connectivity index (χ4v) is 3.62. The van der Waals surface area contributed by atoms with Crippen molar-refractivity contribution in [3.8, 4) is 0 Å². The first-order valence-electron chi connectivity index (χ1n) is 7.07. The van der Waals surface area contributed by atoms with Crippen LogP contribution in [0.3, 0.4) is 0 Å². The average Bonchev–Trinajstić information content (AvgIpc) is 2.92. The lowest BCUT2D eigenvalue weighted by Gasteiger charge is -2.29. The highest BCUT2D eigenvalue weighted by molar-refractivity contribution is 7.09. The number of hydrogen-bond donors (Lipinski definition) is 0. The van der Waals surface area contributed by atoms with Crippen LogP contribution in [0.15, 0.2) is 17.6 Å². The molecule has 1 aliphatic carbocycles. The molecule has 0 fully saturated rings. The fourth-order valence-electron chi connectivity index (χ4n) is 2.97. The number of aryl methyl sites for hydroxylation is 3. The molecule has 2 aromatic rings. The molecule has 3 rings (SSSR count). The van der Waals surface area contributed by atoms with E-state index < -0.39 is 0 Å². The second-order valence-electron chi connectivity index (χ2n) is 6.42. The average molecular weight is 288 g/mol. The summed E-state index contributed by atoms with van der Waals surface area (Å²) in [5.41, 5.74) is 3.37. The Morgan fingerprint density at radius 2 is 2.20 bits per heavy atom. The second kappa shape index (κ2) is 4.85. The third kappa shape index (κ3) is 2.57. The van der Waals surface area contributed by atoms with Crippen molar-refractivity contribution in [2.24, 2.45) is 5.41 Å². The predicted octanol–water partition coefficient (Wildman–Crippen LogP) is 3.65. The van der Waals surface area contributed by atoms with Crippen LogP contribution in [-0.2, 0) is 19.4 Å². The van der Waals surface area contributed by atoms with Crippen LogP contribution in [-0.4, -0.2) is 15.3 Å². The van der Waals surface area contributed by atoms with Crippen molar-refractivity contribution in [2.75, 3.05) is 0 Å². The van der Waals surface area contributed by atoms with Gasteiger partial charge in [-0.2, -0.15) is 0 Å². The smallest absolute Gasteiger partial charge is 0.165 e. The van der Waals surface area contributed by atoms with Gasteiger partial charge in [0.2, 0.25) is 0 Å². The van der Waals surface area contributed by atoms with Gasteiger partial charge in [0.1, 0.15) is 0 Å². The van der Waals surface area contributed by atoms with Crippen LogP contribution >= 0.6 is 11.3 Å². The Hall–Kier alpha value is -1.42. The Kier molecular flexibility index (Phi) is 3.28. The normalized spacial score (nSPS) is 17.2. The summed E-state index contributed by atoms with van der Waals surface area (Å²) in [6.07, 6.45) is 4.63. The largest absolute Gasteiger partial charge is 0.350 e. The van der Waals surface area contributed by atoms with Gasteiger partial charge in [0.25, 0.3) is 0 Å². The molecule has 3 nitrogen and oxygen atoms in total. The van der Waals surface area contributed by atoms with E-state index in [2.05, 4.69) is 35.0 Å². The number of hydrogen-bond acceptors (Lipinski definition) is 3. The van der Waals surface area contributed by atoms with Crippen LogP contribution in [0.25, 0.3) is 0 Å². The van der Waals surface area contributed by atoms with E-state index >= 15 is 0 Å². The van der Waals surface area contributed by atoms with Crippen molar-refractivity contribution >= 4 is 17.1 Å². The Morgan fingerprint density at radius 3 is 2.90 bits per heavy atom. The number of nitrogens with zero attached hydrogens (tertiary/aromatic N) is 2. The van der Waals surface area contributed by atoms with E-state index in [9.17, 15) is 4.79 Å². The van der Waals surface area contributed by atoms with Crippen molar-refractivity contribution in [1.29, 1.82) is 0 Å². The van der Waals surface area contributed by atoms with Crippen molar-refractivity contribution in [3.05, 3.63) is 39.6 Å². The zero-order valence-electron chi connectivity index (χ0n) is 12.3. The number of thiazole rings is 1. The molecule has 0 saturated carbocycles. The summed E-state index contributed by atoms with van der Waals surface area (Å²) >= 11 is 1.70. The Bertz CT molecular complexity index is 651. The molecule has 4 heteroatoms. The van der Waals surface area contributed by atoms with E-state index in [0.29, 0.717) is 12.2 Å². The zero-order valence-corrected chi connectivity index (χ0v) is 13.1. The third-order valence-electron chi connectivity index (χ3n) is 3.94. The number of rotatable bonds is 3. The van der Waals surface area contributed by atoms with E-state index in [1.54, 1.807) is 11.3 Å². The van der Waals surface area contributed by atoms with Crippen LogP contribution < -0.4 is 0 Å². The number of carbonyl (C=O) groups is 1. The van der Waals surface area contributed by atoms with Gasteiger partial charge in [-0.05, 0) is 24.8 Å². The minimum atomic E-state index is 0.0808. The monoisotopic (exact) mass is 288 g/mol. The molecule has 0 spiro atoms. The van der Waals surface area contributed by atoms with Gasteiger partial charge in [-0.3, -0.25) is 4.79 Å². The molecule has 2 aromatic heterocycles. The van der Waals surface area contributed by atoms with E-state index in [-0.39, 0.29) is 5.41 Å². The van der Waals surface area contributed by atoms with Gasteiger partial charge < -0.3 is 4.57 Å². The molecular formula is C16H20N2OS. The number of ketones is 1. The summed E-state index contributed by atoms with van der Waals surface area (Å²) in [7, 11) is 0. The van der Waals surface area contributed by atoms with Gasteiger partial charge in [-0.25, -0.2) is 4.98 Å². The lowest BCUT2D eigenvalue weighted by molar-refractivity contribution is 0.0910. The van der Waals surface area contributed by atoms with Crippen LogP contribution in [0.4, 0.5) is 0 Å². The maximum atomic E-state index is 12.2. The molecular weight excluding hydrogens is 268 g/mol. The molecule has 0 radical (unpaired) electrons. The predicted molar refractivity (Wildman–Crippen MR) is 81.4 cm³/mol. The van der Waals surface area contributed by atoms with Gasteiger partial charge >= 0.3 is 0 Å². The molecule has 0 aromatic carbocycles. The number of aromatic nitrogens is 2. The second-order valence-corrected chi connectivity index (χ2v) is 7.48. The Balaban J connectivity index is 1.80. The molecule has 0 saturated heterocycles. The van der Waals surface area contributed by atoms with Crippen LogP contribution in [0.5, 0.6) is 0 Å². The number of fused-ring (bicyclic) bond motifs is 1. The molecule has 0 unspecified atom stereocenters. The maximum absolute atomic E-state index is 12.2. The van der Waals surface area contributed by atoms with Gasteiger partial charge in [0.05, 0.1) is 10.7 Å². The number of Topliss-reactive ketones (excluding diaryl/α,β-unsaturated/α-hetero) is 1. The molecule has 0 bridgehead atoms. The maximum Gasteiger partial charge on any atom is 0.165 e. The van der Waals surface area contributed by atoms with Gasteiger partial charge in [0.15, 0.2) is 5.78 Å². The SMILES string of the molecule is Cc1nc(CCn2ccc3c2CC(C)(C)CC3=O)cs1. The summed E-state index contributed by atoms with van der Waals surface area (Å²) in [6.45, 7) is 7.29. The summed E-state index contributed by atoms with van der Waals surface area (Å²) in [5, 5.41) is 3.24. The summed E-state index contributed by atoms with van der Waals surface area (Å²) in [6, 6.07) is 1.99. The first-order chi connectivity index (χ1) is 9.44. The molecule has 0 N–H and O–H groups in total. The van der Waals surface area contributed by atoms with E-state index in [1.807, 2.05) is 13.0 Å². The minimum absolute atomic E-state index is 0.0808. The Labute approximate surface area is 123 Å². The van der Waals surface area contributed by atoms with E-state index in [1.165, 1.54) is 5.69 Å². The van der Waals surface area contributed by atoms with E-state index in [0.717, 1.165) is 35.7 Å². The molecule has 106 valence electrons. The zero-order chi connectivity index (χ0) is 14.3. The summed E-state index contributed by atoms with van der Waals surface area (Å²) in [5.74, 6) is 0.291. The Morgan fingerprint density at radius 1 is 1.40 bits per heavy atom. The quantitative estimate of drug-likeness (QED) is 0.864. The first-order valence-corrected chi connectivity index (χ1v) is 7.95. The van der Waals surface area contributed by atoms with Gasteiger partial charge in [0, 0.05) is 42.2 Å². The lowest BCUT2D eigenvalue weighted by atomic mass is 9.76. The fraction of sp³-hybridized carbons (Fsp3) is 0.500. The molecule has 0 amide bonds. The van der Waals surface area contributed by atoms with Crippen molar-refractivity contribution < 1.29 is 4.79 Å². The molecule has 0 atom stereocenters.